The third-order valence-corrected chi connectivity index (χ3v) is 4.25. The van der Waals surface area contributed by atoms with E-state index in [9.17, 15) is 5.11 Å². The number of hydrogen-bond donors (Lipinski definition) is 1. The summed E-state index contributed by atoms with van der Waals surface area (Å²) in [7, 11) is 1.67. The summed E-state index contributed by atoms with van der Waals surface area (Å²) in [4.78, 5) is 4.60. The minimum absolute atomic E-state index is 0.220. The van der Waals surface area contributed by atoms with E-state index in [4.69, 9.17) is 9.47 Å². The first-order chi connectivity index (χ1) is 12.2. The second kappa shape index (κ2) is 8.64. The number of anilines is 1. The van der Waals surface area contributed by atoms with Crippen LogP contribution >= 0.6 is 0 Å². The van der Waals surface area contributed by atoms with E-state index in [2.05, 4.69) is 32.1 Å². The van der Waals surface area contributed by atoms with Crippen LogP contribution in [0.3, 0.4) is 0 Å². The predicted octanol–water partition coefficient (Wildman–Crippen LogP) is 1.05. The molecule has 1 saturated heterocycles. The molecule has 134 valence electrons. The topological polar surface area (TPSA) is 71.0 Å². The smallest absolute Gasteiger partial charge is 0.233 e. The van der Waals surface area contributed by atoms with Crippen molar-refractivity contribution < 1.29 is 14.6 Å². The van der Waals surface area contributed by atoms with Crippen molar-refractivity contribution in [3.8, 4) is 11.6 Å². The van der Waals surface area contributed by atoms with Gasteiger partial charge in [0, 0.05) is 50.7 Å². The number of nitrogens with zero attached hydrogens (tertiary/aromatic N) is 4. The lowest BCUT2D eigenvalue weighted by molar-refractivity contribution is 0.0643. The maximum atomic E-state index is 10.2. The summed E-state index contributed by atoms with van der Waals surface area (Å²) in [6.45, 7) is 4.50. The van der Waals surface area contributed by atoms with Crippen LogP contribution < -0.4 is 14.4 Å². The molecule has 0 radical (unpaired) electrons. The lowest BCUT2D eigenvalue weighted by Gasteiger charge is -2.36. The molecule has 0 aliphatic carbocycles. The number of methoxy groups -OCH3 is 1. The van der Waals surface area contributed by atoms with E-state index >= 15 is 0 Å². The molecule has 3 rings (SSSR count). The van der Waals surface area contributed by atoms with Gasteiger partial charge in [0.2, 0.25) is 5.88 Å². The lowest BCUT2D eigenvalue weighted by atomic mass is 10.2. The lowest BCUT2D eigenvalue weighted by Crippen LogP contribution is -2.49. The summed E-state index contributed by atoms with van der Waals surface area (Å²) in [6, 6.07) is 11.6. The maximum absolute atomic E-state index is 10.2. The quantitative estimate of drug-likeness (QED) is 0.805. The number of rotatable bonds is 7. The summed E-state index contributed by atoms with van der Waals surface area (Å²) in [5, 5.41) is 17.7. The van der Waals surface area contributed by atoms with Gasteiger partial charge in [0.25, 0.3) is 0 Å². The van der Waals surface area contributed by atoms with E-state index in [0.717, 1.165) is 31.9 Å². The molecule has 0 amide bonds. The number of aromatic nitrogens is 2. The first-order valence-corrected chi connectivity index (χ1v) is 8.44. The molecule has 7 nitrogen and oxygen atoms in total. The van der Waals surface area contributed by atoms with Gasteiger partial charge in [-0.25, -0.2) is 0 Å². The van der Waals surface area contributed by atoms with Crippen molar-refractivity contribution in [2.24, 2.45) is 0 Å². The number of benzene rings is 1. The zero-order valence-electron chi connectivity index (χ0n) is 14.4. The molecular weight excluding hydrogens is 320 g/mol. The molecule has 0 bridgehead atoms. The Morgan fingerprint density at radius 1 is 1.12 bits per heavy atom. The van der Waals surface area contributed by atoms with Crippen molar-refractivity contribution in [3.05, 3.63) is 42.6 Å². The van der Waals surface area contributed by atoms with Crippen molar-refractivity contribution >= 4 is 5.69 Å². The monoisotopic (exact) mass is 344 g/mol. The largest absolute Gasteiger partial charge is 0.497 e. The van der Waals surface area contributed by atoms with Gasteiger partial charge in [0.1, 0.15) is 18.5 Å². The Hall–Kier alpha value is -2.38. The van der Waals surface area contributed by atoms with E-state index in [1.807, 2.05) is 12.1 Å². The van der Waals surface area contributed by atoms with Crippen LogP contribution in [0.4, 0.5) is 5.69 Å². The zero-order valence-corrected chi connectivity index (χ0v) is 14.4. The highest BCUT2D eigenvalue weighted by atomic mass is 16.5. The molecule has 1 unspecified atom stereocenters. The number of aliphatic hydroxyl groups is 1. The minimum Gasteiger partial charge on any atom is -0.497 e. The Morgan fingerprint density at radius 2 is 1.88 bits per heavy atom. The molecule has 2 heterocycles. The van der Waals surface area contributed by atoms with Crippen molar-refractivity contribution in [1.29, 1.82) is 0 Å². The van der Waals surface area contributed by atoms with Gasteiger partial charge < -0.3 is 19.5 Å². The van der Waals surface area contributed by atoms with Gasteiger partial charge in [-0.1, -0.05) is 0 Å². The molecule has 1 aliphatic heterocycles. The molecule has 1 atom stereocenters. The van der Waals surface area contributed by atoms with Gasteiger partial charge in [-0.05, 0) is 30.3 Å². The van der Waals surface area contributed by atoms with Crippen molar-refractivity contribution in [2.75, 3.05) is 51.3 Å². The fourth-order valence-corrected chi connectivity index (χ4v) is 2.88. The molecule has 0 spiro atoms. The fraction of sp³-hybridized carbons (Fsp3) is 0.444. The van der Waals surface area contributed by atoms with Crippen molar-refractivity contribution in [3.63, 3.8) is 0 Å². The van der Waals surface area contributed by atoms with Crippen molar-refractivity contribution in [2.45, 2.75) is 6.10 Å². The zero-order chi connectivity index (χ0) is 17.5. The fourth-order valence-electron chi connectivity index (χ4n) is 2.88. The van der Waals surface area contributed by atoms with Crippen LogP contribution in [0.15, 0.2) is 42.6 Å². The number of piperazine rings is 1. The average Bonchev–Trinajstić information content (AvgIpc) is 2.68. The Balaban J connectivity index is 1.41. The van der Waals surface area contributed by atoms with Gasteiger partial charge in [0.05, 0.1) is 7.11 Å². The standard InChI is InChI=1S/C18H24N4O3/c1-24-17-6-4-15(5-7-17)22-11-9-21(10-12-22)13-16(23)14-25-18-3-2-8-19-20-18/h2-8,16,23H,9-14H2,1H3. The molecule has 1 fully saturated rings. The van der Waals surface area contributed by atoms with E-state index < -0.39 is 6.10 Å². The second-order valence-corrected chi connectivity index (χ2v) is 6.01. The summed E-state index contributed by atoms with van der Waals surface area (Å²) in [6.07, 6.45) is 1.04. The molecule has 7 heteroatoms. The third-order valence-electron chi connectivity index (χ3n) is 4.25. The van der Waals surface area contributed by atoms with Gasteiger partial charge in [-0.15, -0.1) is 5.10 Å². The Morgan fingerprint density at radius 3 is 2.52 bits per heavy atom. The Kier molecular flexibility index (Phi) is 6.03. The molecule has 1 aromatic heterocycles. The van der Waals surface area contributed by atoms with E-state index in [1.54, 1.807) is 25.4 Å². The Bertz CT molecular complexity index is 631. The van der Waals surface area contributed by atoms with Gasteiger partial charge >= 0.3 is 0 Å². The summed E-state index contributed by atoms with van der Waals surface area (Å²) >= 11 is 0. The normalized spacial score (nSPS) is 16.5. The number of ether oxygens (including phenoxy) is 2. The SMILES string of the molecule is COc1ccc(N2CCN(CC(O)COc3cccnn3)CC2)cc1. The van der Waals surface area contributed by atoms with Crippen LogP contribution in [0, 0.1) is 0 Å². The van der Waals surface area contributed by atoms with Crippen LogP contribution in [-0.2, 0) is 0 Å². The number of hydrogen-bond acceptors (Lipinski definition) is 7. The number of β-amino-alcohol motifs (C(OH)–C–C–N with tert-alkyl or cyclic N) is 1. The van der Waals surface area contributed by atoms with Gasteiger partial charge in [0.15, 0.2) is 0 Å². The molecule has 2 aromatic rings. The van der Waals surface area contributed by atoms with Crippen LogP contribution in [0.5, 0.6) is 11.6 Å². The highest BCUT2D eigenvalue weighted by Crippen LogP contribution is 2.20. The van der Waals surface area contributed by atoms with Crippen LogP contribution in [-0.4, -0.2) is 72.7 Å². The van der Waals surface area contributed by atoms with E-state index in [-0.39, 0.29) is 6.61 Å². The molecule has 1 N–H and O–H groups in total. The molecule has 0 saturated carbocycles. The summed E-state index contributed by atoms with van der Waals surface area (Å²) in [5.41, 5.74) is 1.20. The highest BCUT2D eigenvalue weighted by molar-refractivity contribution is 5.49. The second-order valence-electron chi connectivity index (χ2n) is 6.01. The highest BCUT2D eigenvalue weighted by Gasteiger charge is 2.20. The van der Waals surface area contributed by atoms with Crippen LogP contribution in [0.1, 0.15) is 0 Å². The molecule has 1 aliphatic rings. The molecule has 25 heavy (non-hydrogen) atoms. The van der Waals surface area contributed by atoms with Crippen LogP contribution in [0.25, 0.3) is 0 Å². The average molecular weight is 344 g/mol. The molecular formula is C18H24N4O3. The van der Waals surface area contributed by atoms with E-state index in [0.29, 0.717) is 12.4 Å². The maximum Gasteiger partial charge on any atom is 0.233 e. The first-order valence-electron chi connectivity index (χ1n) is 8.44. The number of aliphatic hydroxyl groups excluding tert-OH is 1. The third kappa shape index (κ3) is 5.04. The van der Waals surface area contributed by atoms with E-state index in [1.165, 1.54) is 5.69 Å². The Labute approximate surface area is 147 Å². The van der Waals surface area contributed by atoms with Crippen molar-refractivity contribution in [1.82, 2.24) is 15.1 Å². The first kappa shape index (κ1) is 17.4. The summed E-state index contributed by atoms with van der Waals surface area (Å²) < 4.78 is 10.6. The van der Waals surface area contributed by atoms with Gasteiger partial charge in [-0.2, -0.15) is 5.10 Å². The van der Waals surface area contributed by atoms with Crippen LogP contribution in [0.2, 0.25) is 0 Å². The predicted molar refractivity (Wildman–Crippen MR) is 95.2 cm³/mol. The minimum atomic E-state index is -0.547. The summed E-state index contributed by atoms with van der Waals surface area (Å²) in [5.74, 6) is 1.31. The van der Waals surface area contributed by atoms with Gasteiger partial charge in [-0.3, -0.25) is 4.90 Å². The molecule has 1 aromatic carbocycles.